The Hall–Kier alpha value is -3.58. The smallest absolute Gasteiger partial charge is 0.410 e. The van der Waals surface area contributed by atoms with Crippen LogP contribution in [0.5, 0.6) is 0 Å². The summed E-state index contributed by atoms with van der Waals surface area (Å²) in [6.45, 7) is 7.66. The molecule has 0 spiro atoms. The zero-order valence-corrected chi connectivity index (χ0v) is 22.2. The van der Waals surface area contributed by atoms with Gasteiger partial charge in [0.15, 0.2) is 0 Å². The molecule has 8 heteroatoms. The van der Waals surface area contributed by atoms with Crippen LogP contribution in [0.4, 0.5) is 10.6 Å². The van der Waals surface area contributed by atoms with Crippen molar-refractivity contribution in [2.75, 3.05) is 18.4 Å². The van der Waals surface area contributed by atoms with Gasteiger partial charge in [0, 0.05) is 48.4 Å². The SMILES string of the molecule is CC(C)(C)OC(=O)N1CCCC(c2cc3c(-c4nc(NCc5ccccc5)ccc4Cl)ccnc3[nH]2)C1. The molecule has 0 aliphatic carbocycles. The largest absolute Gasteiger partial charge is 0.444 e. The number of fused-ring (bicyclic) bond motifs is 1. The fourth-order valence-corrected chi connectivity index (χ4v) is 4.92. The average Bonchev–Trinajstić information content (AvgIpc) is 3.33. The molecule has 37 heavy (non-hydrogen) atoms. The number of benzene rings is 1. The molecule has 1 fully saturated rings. The normalized spacial score (nSPS) is 16.1. The van der Waals surface area contributed by atoms with Gasteiger partial charge < -0.3 is 19.9 Å². The van der Waals surface area contributed by atoms with E-state index in [0.717, 1.165) is 41.0 Å². The number of H-pyrrole nitrogens is 1. The highest BCUT2D eigenvalue weighted by atomic mass is 35.5. The van der Waals surface area contributed by atoms with Crippen LogP contribution < -0.4 is 5.32 Å². The number of piperidine rings is 1. The number of aromatic amines is 1. The maximum atomic E-state index is 12.7. The molecule has 1 amide bonds. The highest BCUT2D eigenvalue weighted by molar-refractivity contribution is 6.33. The summed E-state index contributed by atoms with van der Waals surface area (Å²) in [6, 6.07) is 18.0. The van der Waals surface area contributed by atoms with E-state index in [0.29, 0.717) is 30.4 Å². The van der Waals surface area contributed by atoms with Crippen molar-refractivity contribution in [2.45, 2.75) is 51.7 Å². The minimum absolute atomic E-state index is 0.172. The predicted octanol–water partition coefficient (Wildman–Crippen LogP) is 7.00. The molecule has 3 aromatic heterocycles. The van der Waals surface area contributed by atoms with Gasteiger partial charge in [0.2, 0.25) is 0 Å². The van der Waals surface area contributed by atoms with E-state index < -0.39 is 5.60 Å². The minimum Gasteiger partial charge on any atom is -0.444 e. The monoisotopic (exact) mass is 517 g/mol. The topological polar surface area (TPSA) is 83.1 Å². The van der Waals surface area contributed by atoms with Crippen molar-refractivity contribution in [1.29, 1.82) is 0 Å². The highest BCUT2D eigenvalue weighted by Crippen LogP contribution is 2.35. The molecule has 2 N–H and O–H groups in total. The molecule has 5 rings (SSSR count). The van der Waals surface area contributed by atoms with E-state index in [1.807, 2.05) is 57.2 Å². The first kappa shape index (κ1) is 25.1. The molecule has 1 aromatic carbocycles. The average molecular weight is 518 g/mol. The number of hydrogen-bond donors (Lipinski definition) is 2. The van der Waals surface area contributed by atoms with Crippen LogP contribution in [-0.2, 0) is 11.3 Å². The van der Waals surface area contributed by atoms with Gasteiger partial charge in [0.25, 0.3) is 0 Å². The van der Waals surface area contributed by atoms with E-state index in [1.165, 1.54) is 5.56 Å². The molecule has 192 valence electrons. The van der Waals surface area contributed by atoms with E-state index in [4.69, 9.17) is 21.3 Å². The molecule has 0 bridgehead atoms. The fraction of sp³-hybridized carbons (Fsp3) is 0.345. The summed E-state index contributed by atoms with van der Waals surface area (Å²) in [5, 5.41) is 4.93. The number of carbonyl (C=O) groups is 1. The molecular formula is C29H32ClN5O2. The summed E-state index contributed by atoms with van der Waals surface area (Å²) in [5.74, 6) is 0.926. The van der Waals surface area contributed by atoms with Gasteiger partial charge in [0.05, 0.1) is 10.7 Å². The maximum absolute atomic E-state index is 12.7. The van der Waals surface area contributed by atoms with Crippen molar-refractivity contribution in [3.63, 3.8) is 0 Å². The number of anilines is 1. The van der Waals surface area contributed by atoms with Crippen molar-refractivity contribution in [3.05, 3.63) is 77.1 Å². The van der Waals surface area contributed by atoms with E-state index in [-0.39, 0.29) is 12.0 Å². The standard InChI is InChI=1S/C29H32ClN5O2/c1-29(2,3)37-28(36)35-15-7-10-20(18-35)24-16-22-21(13-14-31-27(22)33-24)26-23(30)11-12-25(34-26)32-17-19-8-5-4-6-9-19/h4-6,8-9,11-14,16,20H,7,10,15,17-18H2,1-3H3,(H,31,33)(H,32,34). The van der Waals surface area contributed by atoms with Crippen molar-refractivity contribution >= 4 is 34.5 Å². The molecule has 1 unspecified atom stereocenters. The van der Waals surface area contributed by atoms with Crippen molar-refractivity contribution in [3.8, 4) is 11.3 Å². The van der Waals surface area contributed by atoms with Gasteiger partial charge in [-0.25, -0.2) is 14.8 Å². The summed E-state index contributed by atoms with van der Waals surface area (Å²) < 4.78 is 5.61. The zero-order chi connectivity index (χ0) is 26.0. The first-order valence-corrected chi connectivity index (χ1v) is 13.0. The van der Waals surface area contributed by atoms with Crippen molar-refractivity contribution in [2.24, 2.45) is 0 Å². The number of nitrogens with zero attached hydrogens (tertiary/aromatic N) is 3. The van der Waals surface area contributed by atoms with Crippen LogP contribution in [0.15, 0.2) is 60.8 Å². The fourth-order valence-electron chi connectivity index (χ4n) is 4.71. The summed E-state index contributed by atoms with van der Waals surface area (Å²) in [7, 11) is 0. The first-order chi connectivity index (χ1) is 17.8. The molecule has 0 saturated carbocycles. The zero-order valence-electron chi connectivity index (χ0n) is 21.4. The number of likely N-dealkylation sites (tertiary alicyclic amines) is 1. The Morgan fingerprint density at radius 1 is 1.19 bits per heavy atom. The van der Waals surface area contributed by atoms with Crippen LogP contribution in [0.3, 0.4) is 0 Å². The van der Waals surface area contributed by atoms with E-state index in [9.17, 15) is 4.79 Å². The number of rotatable bonds is 5. The third kappa shape index (κ3) is 5.88. The van der Waals surface area contributed by atoms with E-state index >= 15 is 0 Å². The maximum Gasteiger partial charge on any atom is 0.410 e. The van der Waals surface area contributed by atoms with Crippen molar-refractivity contribution in [1.82, 2.24) is 19.9 Å². The number of ether oxygens (including phenoxy) is 1. The number of carbonyl (C=O) groups excluding carboxylic acids is 1. The molecule has 0 radical (unpaired) electrons. The van der Waals surface area contributed by atoms with Gasteiger partial charge in [0.1, 0.15) is 17.1 Å². The van der Waals surface area contributed by atoms with Gasteiger partial charge >= 0.3 is 6.09 Å². The predicted molar refractivity (Wildman–Crippen MR) is 148 cm³/mol. The molecule has 1 aliphatic rings. The Kier molecular flexibility index (Phi) is 7.07. The number of amides is 1. The van der Waals surface area contributed by atoms with Gasteiger partial charge in [-0.1, -0.05) is 41.9 Å². The van der Waals surface area contributed by atoms with Crippen LogP contribution in [0, 0.1) is 0 Å². The molecule has 1 aliphatic heterocycles. The molecule has 7 nitrogen and oxygen atoms in total. The van der Waals surface area contributed by atoms with Crippen LogP contribution >= 0.6 is 11.6 Å². The first-order valence-electron chi connectivity index (χ1n) is 12.7. The van der Waals surface area contributed by atoms with Gasteiger partial charge in [-0.3, -0.25) is 0 Å². The van der Waals surface area contributed by atoms with Crippen LogP contribution in [0.1, 0.15) is 50.8 Å². The molecule has 1 saturated heterocycles. The van der Waals surface area contributed by atoms with Crippen molar-refractivity contribution < 1.29 is 9.53 Å². The van der Waals surface area contributed by atoms with E-state index in [1.54, 1.807) is 11.1 Å². The lowest BCUT2D eigenvalue weighted by Gasteiger charge is -2.33. The molecular weight excluding hydrogens is 486 g/mol. The quantitative estimate of drug-likeness (QED) is 0.297. The molecule has 4 aromatic rings. The lowest BCUT2D eigenvalue weighted by Crippen LogP contribution is -2.42. The van der Waals surface area contributed by atoms with Gasteiger partial charge in [-0.15, -0.1) is 0 Å². The second-order valence-corrected chi connectivity index (χ2v) is 10.9. The second-order valence-electron chi connectivity index (χ2n) is 10.5. The number of pyridine rings is 2. The summed E-state index contributed by atoms with van der Waals surface area (Å²) >= 11 is 6.63. The Morgan fingerprint density at radius 2 is 2.00 bits per heavy atom. The Balaban J connectivity index is 1.40. The third-order valence-electron chi connectivity index (χ3n) is 6.48. The second kappa shape index (κ2) is 10.4. The van der Waals surface area contributed by atoms with Crippen LogP contribution in [0.25, 0.3) is 22.3 Å². The van der Waals surface area contributed by atoms with Crippen LogP contribution in [-0.4, -0.2) is 44.6 Å². The minimum atomic E-state index is -0.513. The Labute approximate surface area is 222 Å². The van der Waals surface area contributed by atoms with E-state index in [2.05, 4.69) is 33.5 Å². The number of halogens is 1. The molecule has 1 atom stereocenters. The highest BCUT2D eigenvalue weighted by Gasteiger charge is 2.29. The molecule has 4 heterocycles. The summed E-state index contributed by atoms with van der Waals surface area (Å²) in [4.78, 5) is 27.4. The lowest BCUT2D eigenvalue weighted by molar-refractivity contribution is 0.0197. The van der Waals surface area contributed by atoms with Crippen LogP contribution in [0.2, 0.25) is 5.02 Å². The Morgan fingerprint density at radius 3 is 2.78 bits per heavy atom. The van der Waals surface area contributed by atoms with Gasteiger partial charge in [-0.2, -0.15) is 0 Å². The van der Waals surface area contributed by atoms with Gasteiger partial charge in [-0.05, 0) is 63.4 Å². The lowest BCUT2D eigenvalue weighted by atomic mass is 9.94. The summed E-state index contributed by atoms with van der Waals surface area (Å²) in [5.41, 5.74) is 4.12. The number of hydrogen-bond acceptors (Lipinski definition) is 5. The number of nitrogens with one attached hydrogen (secondary N) is 2. The number of aromatic nitrogens is 3. The Bertz CT molecular complexity index is 1400. The third-order valence-corrected chi connectivity index (χ3v) is 6.79. The summed E-state index contributed by atoms with van der Waals surface area (Å²) in [6.07, 6.45) is 3.41.